The van der Waals surface area contributed by atoms with E-state index in [9.17, 15) is 13.2 Å². The zero-order valence-electron chi connectivity index (χ0n) is 15.5. The monoisotopic (exact) mass is 368 g/mol. The summed E-state index contributed by atoms with van der Waals surface area (Å²) in [6.45, 7) is 9.36. The van der Waals surface area contributed by atoms with Crippen molar-refractivity contribution >= 4 is 15.9 Å². The molecule has 0 N–H and O–H groups in total. The van der Waals surface area contributed by atoms with Crippen LogP contribution in [-0.4, -0.2) is 61.1 Å². The summed E-state index contributed by atoms with van der Waals surface area (Å²) in [5.74, 6) is 0.745. The van der Waals surface area contributed by atoms with Gasteiger partial charge in [-0.05, 0) is 58.4 Å². The Balaban J connectivity index is 2.03. The number of amides is 1. The molecule has 2 rings (SSSR count). The predicted molar refractivity (Wildman–Crippen MR) is 98.4 cm³/mol. The predicted octanol–water partition coefficient (Wildman–Crippen LogP) is 2.36. The number of carbonyl (C=O) groups excluding carboxylic acids is 1. The second-order valence-corrected chi connectivity index (χ2v) is 9.44. The molecule has 1 heterocycles. The van der Waals surface area contributed by atoms with Crippen molar-refractivity contribution < 1.29 is 17.9 Å². The molecule has 0 bridgehead atoms. The first-order chi connectivity index (χ1) is 11.6. The zero-order chi connectivity index (χ0) is 18.7. The van der Waals surface area contributed by atoms with Gasteiger partial charge in [-0.1, -0.05) is 0 Å². The van der Waals surface area contributed by atoms with Crippen LogP contribution in [0.25, 0.3) is 0 Å². The molecular weight excluding hydrogens is 340 g/mol. The number of hydrogen-bond acceptors (Lipinski definition) is 4. The van der Waals surface area contributed by atoms with E-state index in [1.54, 1.807) is 36.1 Å². The van der Waals surface area contributed by atoms with Crippen LogP contribution < -0.4 is 4.74 Å². The lowest BCUT2D eigenvalue weighted by molar-refractivity contribution is 0.0764. The van der Waals surface area contributed by atoms with Gasteiger partial charge in [0.1, 0.15) is 11.4 Å². The Morgan fingerprint density at radius 2 is 1.72 bits per heavy atom. The van der Waals surface area contributed by atoms with E-state index in [-0.39, 0.29) is 17.3 Å². The molecular formula is C18H28N2O4S. The molecule has 0 radical (unpaired) electrons. The standard InChI is InChI=1S/C18H28N2O4S/c1-5-25(22,23)20-12-6-11-19(13-14-20)17(21)15-7-9-16(10-8-15)24-18(2,3)4/h7-10H,5-6,11-14H2,1-4H3. The Morgan fingerprint density at radius 3 is 2.28 bits per heavy atom. The number of rotatable bonds is 4. The smallest absolute Gasteiger partial charge is 0.253 e. The van der Waals surface area contributed by atoms with Gasteiger partial charge in [-0.3, -0.25) is 4.79 Å². The molecule has 0 aromatic heterocycles. The second-order valence-electron chi connectivity index (χ2n) is 7.18. The molecule has 140 valence electrons. The maximum atomic E-state index is 12.7. The Morgan fingerprint density at radius 1 is 1.08 bits per heavy atom. The Bertz CT molecular complexity index is 693. The van der Waals surface area contributed by atoms with Crippen LogP contribution in [0.3, 0.4) is 0 Å². The first-order valence-corrected chi connectivity index (χ1v) is 10.3. The summed E-state index contributed by atoms with van der Waals surface area (Å²) < 4.78 is 31.3. The van der Waals surface area contributed by atoms with Crippen LogP contribution in [0, 0.1) is 0 Å². The lowest BCUT2D eigenvalue weighted by atomic mass is 10.1. The van der Waals surface area contributed by atoms with Crippen molar-refractivity contribution in [3.63, 3.8) is 0 Å². The van der Waals surface area contributed by atoms with Gasteiger partial charge in [0.05, 0.1) is 5.75 Å². The van der Waals surface area contributed by atoms with E-state index in [2.05, 4.69) is 0 Å². The van der Waals surface area contributed by atoms with Crippen molar-refractivity contribution in [2.24, 2.45) is 0 Å². The molecule has 1 fully saturated rings. The topological polar surface area (TPSA) is 66.9 Å². The highest BCUT2D eigenvalue weighted by molar-refractivity contribution is 7.89. The summed E-state index contributed by atoms with van der Waals surface area (Å²) in [4.78, 5) is 14.4. The quantitative estimate of drug-likeness (QED) is 0.818. The molecule has 1 aliphatic heterocycles. The van der Waals surface area contributed by atoms with Crippen molar-refractivity contribution in [3.05, 3.63) is 29.8 Å². The van der Waals surface area contributed by atoms with Gasteiger partial charge >= 0.3 is 0 Å². The molecule has 0 spiro atoms. The Hall–Kier alpha value is -1.60. The highest BCUT2D eigenvalue weighted by Gasteiger charge is 2.26. The summed E-state index contributed by atoms with van der Waals surface area (Å²) in [6, 6.07) is 7.11. The minimum absolute atomic E-state index is 0.0712. The van der Waals surface area contributed by atoms with Crippen LogP contribution in [0.2, 0.25) is 0 Å². The number of hydrogen-bond donors (Lipinski definition) is 0. The number of nitrogens with zero attached hydrogens (tertiary/aromatic N) is 2. The van der Waals surface area contributed by atoms with Gasteiger partial charge in [-0.2, -0.15) is 0 Å². The van der Waals surface area contributed by atoms with Crippen molar-refractivity contribution in [1.82, 2.24) is 9.21 Å². The molecule has 1 aromatic rings. The minimum atomic E-state index is -3.20. The van der Waals surface area contributed by atoms with Crippen molar-refractivity contribution in [2.75, 3.05) is 31.9 Å². The van der Waals surface area contributed by atoms with Gasteiger partial charge in [0, 0.05) is 31.7 Å². The maximum Gasteiger partial charge on any atom is 0.253 e. The molecule has 0 saturated carbocycles. The molecule has 0 aliphatic carbocycles. The maximum absolute atomic E-state index is 12.7. The lowest BCUT2D eigenvalue weighted by Crippen LogP contribution is -2.37. The number of ether oxygens (including phenoxy) is 1. The number of benzene rings is 1. The summed E-state index contributed by atoms with van der Waals surface area (Å²) >= 11 is 0. The molecule has 1 aromatic carbocycles. The average Bonchev–Trinajstić information content (AvgIpc) is 2.80. The molecule has 1 saturated heterocycles. The fourth-order valence-corrected chi connectivity index (χ4v) is 3.89. The third-order valence-electron chi connectivity index (χ3n) is 4.03. The first-order valence-electron chi connectivity index (χ1n) is 8.68. The van der Waals surface area contributed by atoms with Gasteiger partial charge in [-0.15, -0.1) is 0 Å². The zero-order valence-corrected chi connectivity index (χ0v) is 16.3. The van der Waals surface area contributed by atoms with E-state index < -0.39 is 10.0 Å². The van der Waals surface area contributed by atoms with Crippen molar-refractivity contribution in [3.8, 4) is 5.75 Å². The average molecular weight is 368 g/mol. The van der Waals surface area contributed by atoms with Gasteiger partial charge < -0.3 is 9.64 Å². The third kappa shape index (κ3) is 5.44. The van der Waals surface area contributed by atoms with E-state index in [0.717, 1.165) is 5.75 Å². The molecule has 0 atom stereocenters. The van der Waals surface area contributed by atoms with Gasteiger partial charge in [0.25, 0.3) is 5.91 Å². The lowest BCUT2D eigenvalue weighted by Gasteiger charge is -2.23. The normalized spacial score (nSPS) is 17.2. The van der Waals surface area contributed by atoms with Crippen molar-refractivity contribution in [2.45, 2.75) is 39.7 Å². The molecule has 1 aliphatic rings. The summed E-state index contributed by atoms with van der Waals surface area (Å²) in [6.07, 6.45) is 0.649. The van der Waals surface area contributed by atoms with E-state index >= 15 is 0 Å². The van der Waals surface area contributed by atoms with E-state index in [4.69, 9.17) is 4.74 Å². The SMILES string of the molecule is CCS(=O)(=O)N1CCCN(C(=O)c2ccc(OC(C)(C)C)cc2)CC1. The summed E-state index contributed by atoms with van der Waals surface area (Å²) in [7, 11) is -3.20. The molecule has 7 heteroatoms. The summed E-state index contributed by atoms with van der Waals surface area (Å²) in [5.41, 5.74) is 0.304. The van der Waals surface area contributed by atoms with Crippen LogP contribution in [0.5, 0.6) is 5.75 Å². The highest BCUT2D eigenvalue weighted by atomic mass is 32.2. The fraction of sp³-hybridized carbons (Fsp3) is 0.611. The van der Waals surface area contributed by atoms with Crippen LogP contribution in [-0.2, 0) is 10.0 Å². The van der Waals surface area contributed by atoms with Gasteiger partial charge in [-0.25, -0.2) is 12.7 Å². The third-order valence-corrected chi connectivity index (χ3v) is 5.91. The molecule has 6 nitrogen and oxygen atoms in total. The van der Waals surface area contributed by atoms with E-state index in [1.807, 2.05) is 20.8 Å². The summed E-state index contributed by atoms with van der Waals surface area (Å²) in [5, 5.41) is 0. The van der Waals surface area contributed by atoms with Crippen LogP contribution in [0.15, 0.2) is 24.3 Å². The van der Waals surface area contributed by atoms with E-state index in [0.29, 0.717) is 38.2 Å². The first kappa shape index (κ1) is 19.7. The fourth-order valence-electron chi connectivity index (χ4n) is 2.76. The second kappa shape index (κ2) is 7.74. The van der Waals surface area contributed by atoms with Crippen LogP contribution in [0.1, 0.15) is 44.5 Å². The number of sulfonamides is 1. The van der Waals surface area contributed by atoms with Crippen LogP contribution >= 0.6 is 0 Å². The van der Waals surface area contributed by atoms with Gasteiger partial charge in [0.2, 0.25) is 10.0 Å². The molecule has 1 amide bonds. The Kier molecular flexibility index (Phi) is 6.11. The largest absolute Gasteiger partial charge is 0.488 e. The minimum Gasteiger partial charge on any atom is -0.488 e. The van der Waals surface area contributed by atoms with Gasteiger partial charge in [0.15, 0.2) is 0 Å². The Labute approximate surface area is 150 Å². The molecule has 0 unspecified atom stereocenters. The van der Waals surface area contributed by atoms with E-state index in [1.165, 1.54) is 4.31 Å². The van der Waals surface area contributed by atoms with Crippen molar-refractivity contribution in [1.29, 1.82) is 0 Å². The molecule has 25 heavy (non-hydrogen) atoms. The highest BCUT2D eigenvalue weighted by Crippen LogP contribution is 2.20. The van der Waals surface area contributed by atoms with Crippen LogP contribution in [0.4, 0.5) is 0 Å². The number of carbonyl (C=O) groups is 1.